The van der Waals surface area contributed by atoms with Crippen LogP contribution in [-0.4, -0.2) is 24.9 Å². The Morgan fingerprint density at radius 2 is 1.77 bits per heavy atom. The van der Waals surface area contributed by atoms with Crippen LogP contribution in [0.2, 0.25) is 5.02 Å². The van der Waals surface area contributed by atoms with Crippen LogP contribution < -0.4 is 14.2 Å². The van der Waals surface area contributed by atoms with Crippen molar-refractivity contribution in [3.05, 3.63) is 88.4 Å². The van der Waals surface area contributed by atoms with Gasteiger partial charge in [0.2, 0.25) is 6.23 Å². The highest BCUT2D eigenvalue weighted by Crippen LogP contribution is 2.48. The van der Waals surface area contributed by atoms with Gasteiger partial charge in [0.25, 0.3) is 0 Å². The van der Waals surface area contributed by atoms with Gasteiger partial charge in [-0.1, -0.05) is 23.7 Å². The van der Waals surface area contributed by atoms with Crippen LogP contribution in [0.15, 0.2) is 71.8 Å². The van der Waals surface area contributed by atoms with Crippen LogP contribution in [0.4, 0.5) is 0 Å². The molecule has 6 heteroatoms. The average Bonchev–Trinajstić information content (AvgIpc) is 3.24. The minimum absolute atomic E-state index is 0.0424. The lowest BCUT2D eigenvalue weighted by Crippen LogP contribution is -2.33. The molecule has 0 spiro atoms. The molecule has 0 bridgehead atoms. The number of hydrogen-bond donors (Lipinski definition) is 0. The van der Waals surface area contributed by atoms with Crippen molar-refractivity contribution in [1.29, 1.82) is 0 Å². The fraction of sp³-hybridized carbons (Fsp3) is 0.208. The van der Waals surface area contributed by atoms with Crippen LogP contribution in [-0.2, 0) is 0 Å². The number of hydrogen-bond acceptors (Lipinski definition) is 5. The molecular formula is C24H21ClN2O3. The summed E-state index contributed by atoms with van der Waals surface area (Å²) >= 11 is 6.30. The average molecular weight is 421 g/mol. The summed E-state index contributed by atoms with van der Waals surface area (Å²) in [5.74, 6) is 2.44. The molecule has 2 heterocycles. The second-order valence-corrected chi connectivity index (χ2v) is 7.74. The van der Waals surface area contributed by atoms with E-state index in [9.17, 15) is 0 Å². The van der Waals surface area contributed by atoms with E-state index in [1.54, 1.807) is 14.2 Å². The van der Waals surface area contributed by atoms with E-state index in [1.807, 2.05) is 71.7 Å². The first kappa shape index (κ1) is 18.8. The van der Waals surface area contributed by atoms with Crippen molar-refractivity contribution in [2.75, 3.05) is 14.2 Å². The number of hydrazone groups is 1. The lowest BCUT2D eigenvalue weighted by Gasteiger charge is -2.38. The third-order valence-corrected chi connectivity index (χ3v) is 5.79. The number of methoxy groups -OCH3 is 2. The molecule has 2 atom stereocenters. The first-order chi connectivity index (χ1) is 14.7. The summed E-state index contributed by atoms with van der Waals surface area (Å²) in [7, 11) is 3.33. The Hall–Kier alpha value is -3.18. The van der Waals surface area contributed by atoms with Crippen LogP contribution in [0.25, 0.3) is 0 Å². The molecule has 152 valence electrons. The first-order valence-corrected chi connectivity index (χ1v) is 10.1. The van der Waals surface area contributed by atoms with Gasteiger partial charge in [-0.2, -0.15) is 5.10 Å². The Bertz CT molecular complexity index is 1110. The summed E-state index contributed by atoms with van der Waals surface area (Å²) < 4.78 is 17.1. The van der Waals surface area contributed by atoms with E-state index in [0.29, 0.717) is 5.02 Å². The molecule has 0 aliphatic carbocycles. The minimum atomic E-state index is -0.352. The van der Waals surface area contributed by atoms with Crippen molar-refractivity contribution in [2.24, 2.45) is 5.10 Å². The van der Waals surface area contributed by atoms with Gasteiger partial charge in [0, 0.05) is 22.6 Å². The third kappa shape index (κ3) is 3.25. The lowest BCUT2D eigenvalue weighted by atomic mass is 9.96. The molecule has 30 heavy (non-hydrogen) atoms. The molecule has 2 aliphatic rings. The van der Waals surface area contributed by atoms with E-state index in [0.717, 1.165) is 46.1 Å². The van der Waals surface area contributed by atoms with Crippen LogP contribution in [0.1, 0.15) is 35.4 Å². The Labute approximate surface area is 180 Å². The maximum atomic E-state index is 6.39. The van der Waals surface area contributed by atoms with Crippen molar-refractivity contribution in [3.63, 3.8) is 0 Å². The van der Waals surface area contributed by atoms with E-state index in [1.165, 1.54) is 0 Å². The highest BCUT2D eigenvalue weighted by atomic mass is 35.5. The monoisotopic (exact) mass is 420 g/mol. The smallest absolute Gasteiger partial charge is 0.214 e. The third-order valence-electron chi connectivity index (χ3n) is 5.55. The van der Waals surface area contributed by atoms with Crippen LogP contribution in [0.3, 0.4) is 0 Å². The van der Waals surface area contributed by atoms with E-state index in [4.69, 9.17) is 30.9 Å². The molecule has 0 fully saturated rings. The SMILES string of the molecule is COc1ccc(C2=NN3[C@H](C2)c2cc(Cl)ccc2O[C@H]3c2cccc(OC)c2)cc1. The molecule has 0 amide bonds. The fourth-order valence-corrected chi connectivity index (χ4v) is 4.21. The Kier molecular flexibility index (Phi) is 4.75. The Balaban J connectivity index is 1.58. The summed E-state index contributed by atoms with van der Waals surface area (Å²) in [6.07, 6.45) is 0.415. The number of nitrogens with zero attached hydrogens (tertiary/aromatic N) is 2. The second-order valence-electron chi connectivity index (χ2n) is 7.30. The van der Waals surface area contributed by atoms with Crippen LogP contribution in [0.5, 0.6) is 17.2 Å². The highest BCUT2D eigenvalue weighted by Gasteiger charge is 2.41. The quantitative estimate of drug-likeness (QED) is 0.551. The summed E-state index contributed by atoms with van der Waals surface area (Å²) in [6, 6.07) is 21.7. The van der Waals surface area contributed by atoms with Gasteiger partial charge in [0.15, 0.2) is 0 Å². The van der Waals surface area contributed by atoms with Crippen LogP contribution >= 0.6 is 11.6 Å². The van der Waals surface area contributed by atoms with E-state index in [2.05, 4.69) is 0 Å². The molecule has 0 aromatic heterocycles. The number of ether oxygens (including phenoxy) is 3. The van der Waals surface area contributed by atoms with Crippen molar-refractivity contribution < 1.29 is 14.2 Å². The van der Waals surface area contributed by atoms with Gasteiger partial charge in [-0.05, 0) is 60.2 Å². The zero-order valence-electron chi connectivity index (χ0n) is 16.7. The topological polar surface area (TPSA) is 43.3 Å². The molecule has 3 aromatic carbocycles. The second kappa shape index (κ2) is 7.58. The van der Waals surface area contributed by atoms with E-state index in [-0.39, 0.29) is 12.3 Å². The summed E-state index contributed by atoms with van der Waals surface area (Å²) in [5.41, 5.74) is 4.11. The predicted molar refractivity (Wildman–Crippen MR) is 117 cm³/mol. The molecule has 5 nitrogen and oxygen atoms in total. The van der Waals surface area contributed by atoms with E-state index >= 15 is 0 Å². The van der Waals surface area contributed by atoms with Crippen molar-refractivity contribution in [3.8, 4) is 17.2 Å². The largest absolute Gasteiger partial charge is 0.497 e. The van der Waals surface area contributed by atoms with Crippen molar-refractivity contribution >= 4 is 17.3 Å². The normalized spacial score (nSPS) is 19.4. The number of rotatable bonds is 4. The van der Waals surface area contributed by atoms with Gasteiger partial charge in [-0.3, -0.25) is 0 Å². The molecule has 5 rings (SSSR count). The minimum Gasteiger partial charge on any atom is -0.497 e. The van der Waals surface area contributed by atoms with Crippen molar-refractivity contribution in [2.45, 2.75) is 18.7 Å². The fourth-order valence-electron chi connectivity index (χ4n) is 4.03. The van der Waals surface area contributed by atoms with Gasteiger partial charge in [-0.25, -0.2) is 5.01 Å². The molecule has 0 saturated heterocycles. The molecule has 3 aromatic rings. The van der Waals surface area contributed by atoms with E-state index < -0.39 is 0 Å². The number of halogens is 1. The molecule has 2 aliphatic heterocycles. The van der Waals surface area contributed by atoms with Gasteiger partial charge in [0.05, 0.1) is 26.0 Å². The molecule has 0 unspecified atom stereocenters. The van der Waals surface area contributed by atoms with Gasteiger partial charge in [0.1, 0.15) is 17.2 Å². The number of benzene rings is 3. The maximum absolute atomic E-state index is 6.39. The Morgan fingerprint density at radius 3 is 2.53 bits per heavy atom. The standard InChI is InChI=1S/C24H21ClN2O3/c1-28-18-9-6-15(7-10-18)21-14-22-20-13-17(25)8-11-23(20)30-24(27(22)26-21)16-4-3-5-19(12-16)29-2/h3-13,22,24H,14H2,1-2H3/t22-,24+/m1/s1. The van der Waals surface area contributed by atoms with Crippen LogP contribution in [0, 0.1) is 0 Å². The zero-order valence-corrected chi connectivity index (χ0v) is 17.5. The van der Waals surface area contributed by atoms with Crippen molar-refractivity contribution in [1.82, 2.24) is 5.01 Å². The summed E-state index contributed by atoms with van der Waals surface area (Å²) in [5, 5.41) is 7.70. The number of fused-ring (bicyclic) bond motifs is 3. The molecule has 0 radical (unpaired) electrons. The predicted octanol–water partition coefficient (Wildman–Crippen LogP) is 5.60. The highest BCUT2D eigenvalue weighted by molar-refractivity contribution is 6.30. The maximum Gasteiger partial charge on any atom is 0.214 e. The lowest BCUT2D eigenvalue weighted by molar-refractivity contribution is -0.0191. The zero-order chi connectivity index (χ0) is 20.7. The molecule has 0 saturated carbocycles. The summed E-state index contributed by atoms with van der Waals surface area (Å²) in [6.45, 7) is 0. The van der Waals surface area contributed by atoms with Gasteiger partial charge in [-0.15, -0.1) is 0 Å². The Morgan fingerprint density at radius 1 is 0.967 bits per heavy atom. The van der Waals surface area contributed by atoms with Gasteiger partial charge >= 0.3 is 0 Å². The van der Waals surface area contributed by atoms with Gasteiger partial charge < -0.3 is 14.2 Å². The first-order valence-electron chi connectivity index (χ1n) is 9.76. The summed E-state index contributed by atoms with van der Waals surface area (Å²) in [4.78, 5) is 0. The molecule has 0 N–H and O–H groups in total. The molecular weight excluding hydrogens is 400 g/mol.